The largest absolute Gasteiger partial charge is 0.354 e. The molecule has 2 aliphatic rings. The number of carbonyl (C=O) groups excluding carboxylic acids is 1. The van der Waals surface area contributed by atoms with Crippen LogP contribution in [0, 0.1) is 6.92 Å². The Morgan fingerprint density at radius 2 is 1.83 bits per heavy atom. The van der Waals surface area contributed by atoms with Crippen molar-refractivity contribution >= 4 is 17.5 Å². The van der Waals surface area contributed by atoms with Crippen LogP contribution < -0.4 is 10.2 Å². The second-order valence-corrected chi connectivity index (χ2v) is 8.14. The highest BCUT2D eigenvalue weighted by Crippen LogP contribution is 2.21. The SMILES string of the molecule is Cc1cccc(N2CCN(CCCCCc3ccc4c(n3)NC(=O)CC4)CC2)n1. The molecule has 1 amide bonds. The van der Waals surface area contributed by atoms with Crippen molar-refractivity contribution < 1.29 is 4.79 Å². The van der Waals surface area contributed by atoms with Crippen LogP contribution >= 0.6 is 0 Å². The van der Waals surface area contributed by atoms with Crippen LogP contribution in [0.1, 0.15) is 42.6 Å². The molecule has 154 valence electrons. The summed E-state index contributed by atoms with van der Waals surface area (Å²) < 4.78 is 0. The van der Waals surface area contributed by atoms with Crippen molar-refractivity contribution in [1.82, 2.24) is 14.9 Å². The average molecular weight is 394 g/mol. The maximum atomic E-state index is 11.5. The van der Waals surface area contributed by atoms with Crippen molar-refractivity contribution in [2.24, 2.45) is 0 Å². The molecule has 1 saturated heterocycles. The van der Waals surface area contributed by atoms with Gasteiger partial charge >= 0.3 is 0 Å². The predicted octanol–water partition coefficient (Wildman–Crippen LogP) is 3.20. The maximum absolute atomic E-state index is 11.5. The third kappa shape index (κ3) is 5.32. The molecule has 29 heavy (non-hydrogen) atoms. The molecule has 0 atom stereocenters. The summed E-state index contributed by atoms with van der Waals surface area (Å²) >= 11 is 0. The Kier molecular flexibility index (Phi) is 6.39. The van der Waals surface area contributed by atoms with Gasteiger partial charge in [0.15, 0.2) is 0 Å². The summed E-state index contributed by atoms with van der Waals surface area (Å²) in [5.41, 5.74) is 3.33. The van der Waals surface area contributed by atoms with Crippen molar-refractivity contribution in [3.8, 4) is 0 Å². The fourth-order valence-corrected chi connectivity index (χ4v) is 4.14. The molecule has 0 spiro atoms. The summed E-state index contributed by atoms with van der Waals surface area (Å²) in [7, 11) is 0. The molecule has 2 aromatic heterocycles. The Balaban J connectivity index is 1.14. The molecule has 0 radical (unpaired) electrons. The normalized spacial score (nSPS) is 17.1. The lowest BCUT2D eigenvalue weighted by molar-refractivity contribution is -0.116. The van der Waals surface area contributed by atoms with Crippen molar-refractivity contribution in [3.05, 3.63) is 47.3 Å². The molecular weight excluding hydrogens is 362 g/mol. The summed E-state index contributed by atoms with van der Waals surface area (Å²) in [4.78, 5) is 25.8. The molecule has 4 heterocycles. The average Bonchev–Trinajstić information content (AvgIpc) is 2.73. The van der Waals surface area contributed by atoms with Crippen LogP contribution in [-0.2, 0) is 17.6 Å². The van der Waals surface area contributed by atoms with E-state index in [0.717, 1.165) is 74.0 Å². The van der Waals surface area contributed by atoms with Gasteiger partial charge in [-0.05, 0) is 62.9 Å². The summed E-state index contributed by atoms with van der Waals surface area (Å²) in [5.74, 6) is 1.97. The van der Waals surface area contributed by atoms with E-state index < -0.39 is 0 Å². The van der Waals surface area contributed by atoms with Gasteiger partial charge in [0.05, 0.1) is 0 Å². The number of carbonyl (C=O) groups is 1. The molecule has 2 aliphatic heterocycles. The number of piperazine rings is 1. The van der Waals surface area contributed by atoms with Crippen molar-refractivity contribution in [2.75, 3.05) is 42.9 Å². The van der Waals surface area contributed by atoms with E-state index in [-0.39, 0.29) is 5.91 Å². The van der Waals surface area contributed by atoms with Crippen LogP contribution in [-0.4, -0.2) is 53.5 Å². The Labute approximate surface area is 173 Å². The Hall–Kier alpha value is -2.47. The third-order valence-electron chi connectivity index (χ3n) is 5.89. The molecule has 0 saturated carbocycles. The van der Waals surface area contributed by atoms with Crippen molar-refractivity contribution in [1.29, 1.82) is 0 Å². The lowest BCUT2D eigenvalue weighted by atomic mass is 10.0. The first-order valence-electron chi connectivity index (χ1n) is 10.9. The van der Waals surface area contributed by atoms with Crippen LogP contribution in [0.4, 0.5) is 11.6 Å². The van der Waals surface area contributed by atoms with E-state index in [1.165, 1.54) is 19.4 Å². The van der Waals surface area contributed by atoms with Crippen LogP contribution in [0.2, 0.25) is 0 Å². The van der Waals surface area contributed by atoms with Gasteiger partial charge in [0.25, 0.3) is 0 Å². The quantitative estimate of drug-likeness (QED) is 0.732. The molecule has 1 fully saturated rings. The number of aryl methyl sites for hydroxylation is 3. The number of anilines is 2. The van der Waals surface area contributed by atoms with Crippen molar-refractivity contribution in [2.45, 2.75) is 45.4 Å². The highest BCUT2D eigenvalue weighted by atomic mass is 16.1. The molecular formula is C23H31N5O. The molecule has 0 unspecified atom stereocenters. The number of hydrogen-bond acceptors (Lipinski definition) is 5. The second kappa shape index (κ2) is 9.35. The van der Waals surface area contributed by atoms with Gasteiger partial charge in [-0.1, -0.05) is 18.6 Å². The van der Waals surface area contributed by atoms with E-state index in [1.54, 1.807) is 0 Å². The zero-order valence-corrected chi connectivity index (χ0v) is 17.4. The molecule has 6 nitrogen and oxygen atoms in total. The Bertz CT molecular complexity index is 845. The Morgan fingerprint density at radius 3 is 2.66 bits per heavy atom. The fraction of sp³-hybridized carbons (Fsp3) is 0.522. The molecule has 0 aromatic carbocycles. The van der Waals surface area contributed by atoms with Gasteiger partial charge in [0, 0.05) is 44.0 Å². The van der Waals surface area contributed by atoms with Crippen LogP contribution in [0.25, 0.3) is 0 Å². The number of hydrogen-bond donors (Lipinski definition) is 1. The van der Waals surface area contributed by atoms with Gasteiger partial charge in [-0.3, -0.25) is 9.69 Å². The summed E-state index contributed by atoms with van der Waals surface area (Å²) in [6.07, 6.45) is 5.95. The van der Waals surface area contributed by atoms with E-state index in [9.17, 15) is 4.79 Å². The number of rotatable bonds is 7. The smallest absolute Gasteiger partial charge is 0.225 e. The van der Waals surface area contributed by atoms with Crippen LogP contribution in [0.3, 0.4) is 0 Å². The topological polar surface area (TPSA) is 61.4 Å². The van der Waals surface area contributed by atoms with Gasteiger partial charge in [0.2, 0.25) is 5.91 Å². The van der Waals surface area contributed by atoms with Gasteiger partial charge < -0.3 is 10.2 Å². The lowest BCUT2D eigenvalue weighted by Crippen LogP contribution is -2.46. The van der Waals surface area contributed by atoms with Crippen molar-refractivity contribution in [3.63, 3.8) is 0 Å². The minimum Gasteiger partial charge on any atom is -0.354 e. The zero-order chi connectivity index (χ0) is 20.1. The number of pyridine rings is 2. The van der Waals surface area contributed by atoms with E-state index in [0.29, 0.717) is 6.42 Å². The molecule has 1 N–H and O–H groups in total. The molecule has 0 bridgehead atoms. The van der Waals surface area contributed by atoms with E-state index in [1.807, 2.05) is 0 Å². The number of nitrogens with one attached hydrogen (secondary N) is 1. The first kappa shape index (κ1) is 19.8. The Morgan fingerprint density at radius 1 is 0.966 bits per heavy atom. The molecule has 4 rings (SSSR count). The van der Waals surface area contributed by atoms with Crippen LogP contribution in [0.15, 0.2) is 30.3 Å². The first-order chi connectivity index (χ1) is 14.2. The third-order valence-corrected chi connectivity index (χ3v) is 5.89. The second-order valence-electron chi connectivity index (χ2n) is 8.14. The lowest BCUT2D eigenvalue weighted by Gasteiger charge is -2.35. The van der Waals surface area contributed by atoms with Gasteiger partial charge in [-0.25, -0.2) is 9.97 Å². The molecule has 0 aliphatic carbocycles. The minimum atomic E-state index is 0.0837. The zero-order valence-electron chi connectivity index (χ0n) is 17.4. The summed E-state index contributed by atoms with van der Waals surface area (Å²) in [6, 6.07) is 10.5. The standard InChI is InChI=1S/C23H31N5O/c1-18-6-5-8-21(24-18)28-16-14-27(15-17-28)13-4-2-3-7-20-11-9-19-10-12-22(29)26-23(19)25-20/h5-6,8-9,11H,2-4,7,10,12-17H2,1H3,(H,25,26,29). The maximum Gasteiger partial charge on any atom is 0.225 e. The summed E-state index contributed by atoms with van der Waals surface area (Å²) in [6.45, 7) is 7.56. The van der Waals surface area contributed by atoms with E-state index in [2.05, 4.69) is 62.3 Å². The number of amides is 1. The van der Waals surface area contributed by atoms with E-state index >= 15 is 0 Å². The van der Waals surface area contributed by atoms with Crippen LogP contribution in [0.5, 0.6) is 0 Å². The fourth-order valence-electron chi connectivity index (χ4n) is 4.14. The number of aromatic nitrogens is 2. The minimum absolute atomic E-state index is 0.0837. The highest BCUT2D eigenvalue weighted by Gasteiger charge is 2.18. The predicted molar refractivity (Wildman–Crippen MR) is 116 cm³/mol. The number of fused-ring (bicyclic) bond motifs is 1. The molecule has 6 heteroatoms. The number of unbranched alkanes of at least 4 members (excludes halogenated alkanes) is 2. The van der Waals surface area contributed by atoms with Gasteiger partial charge in [-0.2, -0.15) is 0 Å². The first-order valence-corrected chi connectivity index (χ1v) is 10.9. The van der Waals surface area contributed by atoms with E-state index in [4.69, 9.17) is 0 Å². The van der Waals surface area contributed by atoms with Gasteiger partial charge in [-0.15, -0.1) is 0 Å². The highest BCUT2D eigenvalue weighted by molar-refractivity contribution is 5.92. The monoisotopic (exact) mass is 393 g/mol. The molecule has 2 aromatic rings. The number of nitrogens with zero attached hydrogens (tertiary/aromatic N) is 4. The summed E-state index contributed by atoms with van der Waals surface area (Å²) in [5, 5.41) is 2.90. The van der Waals surface area contributed by atoms with Gasteiger partial charge in [0.1, 0.15) is 11.6 Å².